The predicted molar refractivity (Wildman–Crippen MR) is 119 cm³/mol. The van der Waals surface area contributed by atoms with Crippen LogP contribution < -0.4 is 10.1 Å². The van der Waals surface area contributed by atoms with Crippen molar-refractivity contribution in [3.63, 3.8) is 0 Å². The van der Waals surface area contributed by atoms with Crippen LogP contribution in [-0.2, 0) is 20.9 Å². The molecule has 0 fully saturated rings. The second-order valence-electron chi connectivity index (χ2n) is 7.30. The summed E-state index contributed by atoms with van der Waals surface area (Å²) in [5.41, 5.74) is 2.88. The molecule has 2 amide bonds. The molecule has 0 atom stereocenters. The Bertz CT molecular complexity index is 899. The minimum absolute atomic E-state index is 0.132. The molecule has 31 heavy (non-hydrogen) atoms. The van der Waals surface area contributed by atoms with E-state index in [1.54, 1.807) is 7.11 Å². The molecule has 0 aliphatic carbocycles. The van der Waals surface area contributed by atoms with E-state index in [0.29, 0.717) is 26.3 Å². The average molecular weight is 424 g/mol. The summed E-state index contributed by atoms with van der Waals surface area (Å²) in [7, 11) is 1.66. The molecule has 0 radical (unpaired) electrons. The molecule has 7 heteroatoms. The molecule has 164 valence electrons. The van der Waals surface area contributed by atoms with E-state index in [4.69, 9.17) is 9.47 Å². The quantitative estimate of drug-likeness (QED) is 0.563. The van der Waals surface area contributed by atoms with Crippen molar-refractivity contribution in [1.29, 1.82) is 0 Å². The van der Waals surface area contributed by atoms with Crippen molar-refractivity contribution in [3.8, 4) is 5.75 Å². The van der Waals surface area contributed by atoms with E-state index in [0.717, 1.165) is 35.4 Å². The molecule has 2 aromatic carbocycles. The molecule has 3 rings (SSSR count). The monoisotopic (exact) mass is 423 g/mol. The first-order valence-electron chi connectivity index (χ1n) is 10.6. The Morgan fingerprint density at radius 2 is 1.90 bits per heavy atom. The molecule has 0 saturated carbocycles. The van der Waals surface area contributed by atoms with Crippen LogP contribution >= 0.6 is 0 Å². The third-order valence-electron chi connectivity index (χ3n) is 4.91. The first-order chi connectivity index (χ1) is 15.2. The fourth-order valence-corrected chi connectivity index (χ4v) is 3.25. The zero-order chi connectivity index (χ0) is 21.9. The van der Waals surface area contributed by atoms with Crippen LogP contribution in [0.25, 0.3) is 0 Å². The van der Waals surface area contributed by atoms with Crippen molar-refractivity contribution in [2.75, 3.05) is 26.9 Å². The highest BCUT2D eigenvalue weighted by Crippen LogP contribution is 2.16. The highest BCUT2D eigenvalue weighted by atomic mass is 16.5. The molecular weight excluding hydrogens is 394 g/mol. The van der Waals surface area contributed by atoms with E-state index in [9.17, 15) is 9.59 Å². The van der Waals surface area contributed by atoms with Crippen LogP contribution in [0.2, 0.25) is 0 Å². The molecule has 1 heterocycles. The lowest BCUT2D eigenvalue weighted by molar-refractivity contribution is -0.133. The van der Waals surface area contributed by atoms with Crippen LogP contribution in [0.3, 0.4) is 0 Å². The normalized spacial score (nSPS) is 13.1. The fourth-order valence-electron chi connectivity index (χ4n) is 3.25. The summed E-state index contributed by atoms with van der Waals surface area (Å²) in [5, 5.41) is 8.76. The zero-order valence-electron chi connectivity index (χ0n) is 17.9. The lowest BCUT2D eigenvalue weighted by atomic mass is 10.1. The Morgan fingerprint density at radius 3 is 2.71 bits per heavy atom. The molecule has 1 N–H and O–H groups in total. The Labute approximate surface area is 183 Å². The Morgan fingerprint density at radius 1 is 1.06 bits per heavy atom. The maximum Gasteiger partial charge on any atom is 0.243 e. The van der Waals surface area contributed by atoms with Gasteiger partial charge in [0.15, 0.2) is 0 Å². The van der Waals surface area contributed by atoms with Crippen molar-refractivity contribution < 1.29 is 19.1 Å². The smallest absolute Gasteiger partial charge is 0.243 e. The number of rotatable bonds is 11. The van der Waals surface area contributed by atoms with Gasteiger partial charge in [-0.3, -0.25) is 9.59 Å². The van der Waals surface area contributed by atoms with E-state index < -0.39 is 0 Å². The zero-order valence-corrected chi connectivity index (χ0v) is 17.9. The van der Waals surface area contributed by atoms with E-state index in [2.05, 4.69) is 10.4 Å². The molecule has 0 bridgehead atoms. The van der Waals surface area contributed by atoms with Gasteiger partial charge in [-0.2, -0.15) is 5.10 Å². The van der Waals surface area contributed by atoms with Crippen LogP contribution in [-0.4, -0.2) is 49.4 Å². The van der Waals surface area contributed by atoms with Gasteiger partial charge < -0.3 is 14.8 Å². The number of hydrazone groups is 1. The highest BCUT2D eigenvalue weighted by Gasteiger charge is 2.21. The number of carbonyl (C=O) groups excluding carboxylic acids is 2. The maximum absolute atomic E-state index is 12.4. The third-order valence-corrected chi connectivity index (χ3v) is 4.91. The topological polar surface area (TPSA) is 80.2 Å². The standard InChI is InChI=1S/C24H29N3O4/c1-30-15-6-16-31-21-10-5-7-19(17-21)18-25-23(28)11-12-24(29)27-14-13-22(26-27)20-8-3-2-4-9-20/h2-5,7-10,17H,6,11-16,18H2,1H3,(H,25,28). The van der Waals surface area contributed by atoms with Gasteiger partial charge in [0.25, 0.3) is 0 Å². The van der Waals surface area contributed by atoms with Gasteiger partial charge in [0.05, 0.1) is 18.9 Å². The number of hydrogen-bond acceptors (Lipinski definition) is 5. The SMILES string of the molecule is COCCCOc1cccc(CNC(=O)CCC(=O)N2CCC(c3ccccc3)=N2)c1. The summed E-state index contributed by atoms with van der Waals surface area (Å²) in [6, 6.07) is 17.4. The molecule has 0 unspecified atom stereocenters. The van der Waals surface area contributed by atoms with Gasteiger partial charge in [-0.1, -0.05) is 42.5 Å². The highest BCUT2D eigenvalue weighted by molar-refractivity contribution is 6.02. The predicted octanol–water partition coefficient (Wildman–Crippen LogP) is 3.13. The third kappa shape index (κ3) is 7.22. The van der Waals surface area contributed by atoms with Crippen LogP contribution in [0.1, 0.15) is 36.8 Å². The van der Waals surface area contributed by atoms with Crippen molar-refractivity contribution in [1.82, 2.24) is 10.3 Å². The van der Waals surface area contributed by atoms with Crippen LogP contribution in [0, 0.1) is 0 Å². The summed E-state index contributed by atoms with van der Waals surface area (Å²) in [6.45, 7) is 2.19. The fraction of sp³-hybridized carbons (Fsp3) is 0.375. The van der Waals surface area contributed by atoms with Crippen molar-refractivity contribution in [2.45, 2.75) is 32.2 Å². The minimum Gasteiger partial charge on any atom is -0.493 e. The minimum atomic E-state index is -0.161. The number of hydrogen-bond donors (Lipinski definition) is 1. The summed E-state index contributed by atoms with van der Waals surface area (Å²) in [5.74, 6) is 0.470. The van der Waals surface area contributed by atoms with E-state index in [-0.39, 0.29) is 24.7 Å². The largest absolute Gasteiger partial charge is 0.493 e. The number of ether oxygens (including phenoxy) is 2. The van der Waals surface area contributed by atoms with Gasteiger partial charge in [0.2, 0.25) is 11.8 Å². The Kier molecular flexibility index (Phi) is 8.60. The molecule has 1 aliphatic heterocycles. The van der Waals surface area contributed by atoms with Crippen molar-refractivity contribution in [3.05, 3.63) is 65.7 Å². The summed E-state index contributed by atoms with van der Waals surface area (Å²) >= 11 is 0. The van der Waals surface area contributed by atoms with Gasteiger partial charge in [0, 0.05) is 45.9 Å². The van der Waals surface area contributed by atoms with E-state index >= 15 is 0 Å². The number of amides is 2. The van der Waals surface area contributed by atoms with Crippen molar-refractivity contribution >= 4 is 17.5 Å². The first kappa shape index (κ1) is 22.5. The average Bonchev–Trinajstić information content (AvgIpc) is 3.30. The van der Waals surface area contributed by atoms with Crippen LogP contribution in [0.4, 0.5) is 0 Å². The van der Waals surface area contributed by atoms with Gasteiger partial charge in [-0.15, -0.1) is 0 Å². The summed E-state index contributed by atoms with van der Waals surface area (Å²) in [4.78, 5) is 24.6. The molecule has 2 aromatic rings. The van der Waals surface area contributed by atoms with Crippen molar-refractivity contribution in [2.24, 2.45) is 5.10 Å². The van der Waals surface area contributed by atoms with Crippen LogP contribution in [0.5, 0.6) is 5.75 Å². The second-order valence-corrected chi connectivity index (χ2v) is 7.30. The van der Waals surface area contributed by atoms with Gasteiger partial charge >= 0.3 is 0 Å². The molecule has 1 aliphatic rings. The summed E-state index contributed by atoms with van der Waals surface area (Å²) < 4.78 is 10.7. The molecule has 0 aromatic heterocycles. The number of nitrogens with zero attached hydrogens (tertiary/aromatic N) is 2. The Hall–Kier alpha value is -3.19. The van der Waals surface area contributed by atoms with E-state index in [1.165, 1.54) is 5.01 Å². The maximum atomic E-state index is 12.4. The number of benzene rings is 2. The number of carbonyl (C=O) groups is 2. The lowest BCUT2D eigenvalue weighted by Gasteiger charge is -2.11. The van der Waals surface area contributed by atoms with Gasteiger partial charge in [0.1, 0.15) is 5.75 Å². The van der Waals surface area contributed by atoms with Crippen LogP contribution in [0.15, 0.2) is 59.7 Å². The molecule has 0 spiro atoms. The number of nitrogens with one attached hydrogen (secondary N) is 1. The van der Waals surface area contributed by atoms with E-state index in [1.807, 2.05) is 54.6 Å². The van der Waals surface area contributed by atoms with Gasteiger partial charge in [-0.05, 0) is 23.3 Å². The summed E-state index contributed by atoms with van der Waals surface area (Å²) in [6.07, 6.45) is 1.82. The second kappa shape index (κ2) is 11.9. The molecular formula is C24H29N3O4. The molecule has 7 nitrogen and oxygen atoms in total. The molecule has 0 saturated heterocycles. The lowest BCUT2D eigenvalue weighted by Crippen LogP contribution is -2.27. The number of methoxy groups -OCH3 is 1. The Balaban J connectivity index is 1.39. The first-order valence-corrected chi connectivity index (χ1v) is 10.6. The van der Waals surface area contributed by atoms with Gasteiger partial charge in [-0.25, -0.2) is 5.01 Å².